The average Bonchev–Trinajstić information content (AvgIpc) is 3.11. The number of hydrogen-bond donors (Lipinski definition) is 2. The van der Waals surface area contributed by atoms with Crippen LogP contribution < -0.4 is 5.56 Å². The third-order valence-corrected chi connectivity index (χ3v) is 4.92. The Kier molecular flexibility index (Phi) is 3.75. The summed E-state index contributed by atoms with van der Waals surface area (Å²) >= 11 is 0. The monoisotopic (exact) mass is 359 g/mol. The van der Waals surface area contributed by atoms with E-state index in [1.54, 1.807) is 18.6 Å². The molecule has 0 atom stereocenters. The number of aromatic nitrogens is 6. The van der Waals surface area contributed by atoms with Gasteiger partial charge in [0.15, 0.2) is 0 Å². The highest BCUT2D eigenvalue weighted by Gasteiger charge is 2.22. The second kappa shape index (κ2) is 6.40. The Labute approximate surface area is 154 Å². The molecule has 2 N–H and O–H groups in total. The molecule has 8 nitrogen and oxygen atoms in total. The third-order valence-electron chi connectivity index (χ3n) is 4.92. The molecule has 0 bridgehead atoms. The van der Waals surface area contributed by atoms with Gasteiger partial charge in [-0.25, -0.2) is 19.9 Å². The molecule has 0 unspecified atom stereocenters. The van der Waals surface area contributed by atoms with Crippen molar-refractivity contribution in [2.24, 2.45) is 0 Å². The molecule has 1 aliphatic rings. The number of aromatic amines is 2. The smallest absolute Gasteiger partial charge is 0.254 e. The fraction of sp³-hybridized carbons (Fsp3) is 0.211. The van der Waals surface area contributed by atoms with E-state index in [0.29, 0.717) is 24.4 Å². The fourth-order valence-corrected chi connectivity index (χ4v) is 3.57. The Morgan fingerprint density at radius 3 is 3.00 bits per heavy atom. The molecule has 27 heavy (non-hydrogen) atoms. The highest BCUT2D eigenvalue weighted by Crippen LogP contribution is 2.22. The van der Waals surface area contributed by atoms with Crippen LogP contribution in [0.15, 0.2) is 48.0 Å². The molecule has 5 rings (SSSR count). The van der Waals surface area contributed by atoms with E-state index in [2.05, 4.69) is 40.9 Å². The minimum Gasteiger partial charge on any atom is -0.346 e. The molecule has 0 radical (unpaired) electrons. The van der Waals surface area contributed by atoms with E-state index in [-0.39, 0.29) is 5.56 Å². The van der Waals surface area contributed by atoms with Crippen LogP contribution in [0.2, 0.25) is 0 Å². The van der Waals surface area contributed by atoms with E-state index in [4.69, 9.17) is 0 Å². The van der Waals surface area contributed by atoms with Gasteiger partial charge in [-0.2, -0.15) is 0 Å². The maximum absolute atomic E-state index is 12.5. The van der Waals surface area contributed by atoms with Gasteiger partial charge < -0.3 is 9.97 Å². The summed E-state index contributed by atoms with van der Waals surface area (Å²) in [4.78, 5) is 37.9. The zero-order valence-electron chi connectivity index (χ0n) is 14.5. The average molecular weight is 359 g/mol. The second-order valence-electron chi connectivity index (χ2n) is 6.64. The van der Waals surface area contributed by atoms with Crippen molar-refractivity contribution in [1.82, 2.24) is 34.8 Å². The number of rotatable bonds is 3. The van der Waals surface area contributed by atoms with E-state index in [9.17, 15) is 4.79 Å². The summed E-state index contributed by atoms with van der Waals surface area (Å²) in [7, 11) is 0. The van der Waals surface area contributed by atoms with Gasteiger partial charge in [-0.1, -0.05) is 0 Å². The van der Waals surface area contributed by atoms with Gasteiger partial charge in [0, 0.05) is 55.4 Å². The molecular formula is C19H17N7O. The molecule has 0 saturated carbocycles. The SMILES string of the molecule is O=c1[nH]c(-c2cncnc2)nc2c1CCN(Cc1c[nH]c3ncccc13)C2. The van der Waals surface area contributed by atoms with E-state index < -0.39 is 0 Å². The third kappa shape index (κ3) is 2.89. The first-order valence-electron chi connectivity index (χ1n) is 8.79. The number of H-pyrrole nitrogens is 2. The molecule has 134 valence electrons. The Morgan fingerprint density at radius 2 is 2.11 bits per heavy atom. The van der Waals surface area contributed by atoms with Crippen molar-refractivity contribution in [3.05, 3.63) is 70.4 Å². The first-order valence-corrected chi connectivity index (χ1v) is 8.79. The summed E-state index contributed by atoms with van der Waals surface area (Å²) in [5.41, 5.74) is 4.32. The van der Waals surface area contributed by atoms with Crippen molar-refractivity contribution in [2.75, 3.05) is 6.54 Å². The molecule has 0 aliphatic carbocycles. The Hall–Kier alpha value is -3.39. The van der Waals surface area contributed by atoms with Crippen molar-refractivity contribution in [3.63, 3.8) is 0 Å². The standard InChI is InChI=1S/C19H17N7O/c27-19-15-3-5-26(9-13-8-23-18-14(13)2-1-4-22-18)10-16(15)24-17(25-19)12-6-20-11-21-7-12/h1-2,4,6-8,11H,3,5,9-10H2,(H,22,23)(H,24,25,27). The molecule has 0 aromatic carbocycles. The molecule has 4 aromatic rings. The number of fused-ring (bicyclic) bond motifs is 2. The quantitative estimate of drug-likeness (QED) is 0.577. The van der Waals surface area contributed by atoms with Crippen LogP contribution in [0.5, 0.6) is 0 Å². The van der Waals surface area contributed by atoms with Crippen LogP contribution in [0, 0.1) is 0 Å². The maximum atomic E-state index is 12.5. The zero-order chi connectivity index (χ0) is 18.2. The second-order valence-corrected chi connectivity index (χ2v) is 6.64. The Morgan fingerprint density at radius 1 is 1.22 bits per heavy atom. The zero-order valence-corrected chi connectivity index (χ0v) is 14.5. The van der Waals surface area contributed by atoms with Gasteiger partial charge in [-0.3, -0.25) is 9.69 Å². The first-order chi connectivity index (χ1) is 13.3. The summed E-state index contributed by atoms with van der Waals surface area (Å²) in [6.07, 6.45) is 9.23. The molecule has 0 fully saturated rings. The number of nitrogens with zero attached hydrogens (tertiary/aromatic N) is 5. The van der Waals surface area contributed by atoms with Gasteiger partial charge in [0.05, 0.1) is 11.3 Å². The van der Waals surface area contributed by atoms with Gasteiger partial charge in [-0.05, 0) is 24.1 Å². The van der Waals surface area contributed by atoms with E-state index in [1.807, 2.05) is 12.3 Å². The molecule has 0 saturated heterocycles. The number of nitrogens with one attached hydrogen (secondary N) is 2. The van der Waals surface area contributed by atoms with Crippen LogP contribution in [0.4, 0.5) is 0 Å². The van der Waals surface area contributed by atoms with E-state index in [0.717, 1.165) is 35.4 Å². The topological polar surface area (TPSA) is 103 Å². The van der Waals surface area contributed by atoms with Crippen molar-refractivity contribution in [1.29, 1.82) is 0 Å². The van der Waals surface area contributed by atoms with E-state index in [1.165, 1.54) is 11.9 Å². The van der Waals surface area contributed by atoms with Crippen molar-refractivity contribution < 1.29 is 0 Å². The molecule has 4 aromatic heterocycles. The van der Waals surface area contributed by atoms with Crippen molar-refractivity contribution >= 4 is 11.0 Å². The predicted octanol–water partition coefficient (Wildman–Crippen LogP) is 1.66. The Balaban J connectivity index is 1.45. The normalized spacial score (nSPS) is 14.4. The lowest BCUT2D eigenvalue weighted by Crippen LogP contribution is -2.35. The first kappa shape index (κ1) is 15.8. The summed E-state index contributed by atoms with van der Waals surface area (Å²) in [6, 6.07) is 4.02. The van der Waals surface area contributed by atoms with Crippen molar-refractivity contribution in [3.8, 4) is 11.4 Å². The van der Waals surface area contributed by atoms with Crippen LogP contribution in [0.25, 0.3) is 22.4 Å². The van der Waals surface area contributed by atoms with Gasteiger partial charge >= 0.3 is 0 Å². The fourth-order valence-electron chi connectivity index (χ4n) is 3.57. The largest absolute Gasteiger partial charge is 0.346 e. The lowest BCUT2D eigenvalue weighted by molar-refractivity contribution is 0.241. The molecule has 5 heterocycles. The lowest BCUT2D eigenvalue weighted by atomic mass is 10.1. The van der Waals surface area contributed by atoms with Gasteiger partial charge in [0.1, 0.15) is 17.8 Å². The van der Waals surface area contributed by atoms with E-state index >= 15 is 0 Å². The highest BCUT2D eigenvalue weighted by molar-refractivity contribution is 5.79. The summed E-state index contributed by atoms with van der Waals surface area (Å²) in [6.45, 7) is 2.23. The molecule has 0 spiro atoms. The summed E-state index contributed by atoms with van der Waals surface area (Å²) < 4.78 is 0. The van der Waals surface area contributed by atoms with Crippen LogP contribution in [-0.2, 0) is 19.5 Å². The van der Waals surface area contributed by atoms with Gasteiger partial charge in [0.2, 0.25) is 0 Å². The summed E-state index contributed by atoms with van der Waals surface area (Å²) in [5.74, 6) is 0.512. The Bertz CT molecular complexity index is 1170. The minimum atomic E-state index is -0.0743. The maximum Gasteiger partial charge on any atom is 0.254 e. The van der Waals surface area contributed by atoms with Crippen molar-refractivity contribution in [2.45, 2.75) is 19.5 Å². The summed E-state index contributed by atoms with van der Waals surface area (Å²) in [5, 5.41) is 1.13. The molecule has 1 aliphatic heterocycles. The molecular weight excluding hydrogens is 342 g/mol. The number of pyridine rings is 1. The highest BCUT2D eigenvalue weighted by atomic mass is 16.1. The van der Waals surface area contributed by atoms with Crippen LogP contribution >= 0.6 is 0 Å². The minimum absolute atomic E-state index is 0.0743. The van der Waals surface area contributed by atoms with Crippen LogP contribution in [0.3, 0.4) is 0 Å². The van der Waals surface area contributed by atoms with Gasteiger partial charge in [0.25, 0.3) is 5.56 Å². The van der Waals surface area contributed by atoms with Gasteiger partial charge in [-0.15, -0.1) is 0 Å². The lowest BCUT2D eigenvalue weighted by Gasteiger charge is -2.27. The molecule has 8 heteroatoms. The van der Waals surface area contributed by atoms with Crippen LogP contribution in [0.1, 0.15) is 16.8 Å². The van der Waals surface area contributed by atoms with Crippen LogP contribution in [-0.4, -0.2) is 41.3 Å². The molecule has 0 amide bonds. The number of hydrogen-bond acceptors (Lipinski definition) is 6. The predicted molar refractivity (Wildman–Crippen MR) is 99.8 cm³/mol.